The molecular formula is C13H24OSi. The Kier molecular flexibility index (Phi) is 7.46. The third kappa shape index (κ3) is 9.77. The monoisotopic (exact) mass is 224 g/mol. The standard InChI is InChI=1S/C13H24OSi/c1-6-8-9-13(14-11-7-2)10-12-15(3,4)5/h7,13H,2,6,8-9,11H2,1,3-5H3. The van der Waals surface area contributed by atoms with Gasteiger partial charge in [-0.25, -0.2) is 0 Å². The molecule has 0 amide bonds. The fourth-order valence-corrected chi connectivity index (χ4v) is 1.66. The van der Waals surface area contributed by atoms with Crippen LogP contribution in [0.15, 0.2) is 12.7 Å². The molecule has 0 saturated carbocycles. The van der Waals surface area contributed by atoms with Crippen molar-refractivity contribution in [1.29, 1.82) is 0 Å². The topological polar surface area (TPSA) is 9.23 Å². The minimum atomic E-state index is -1.27. The Hall–Kier alpha value is -0.523. The lowest BCUT2D eigenvalue weighted by Crippen LogP contribution is -2.19. The van der Waals surface area contributed by atoms with Crippen LogP contribution in [0, 0.1) is 11.5 Å². The SMILES string of the molecule is C=CCOC(C#C[Si](C)(C)C)CCCC. The van der Waals surface area contributed by atoms with Crippen molar-refractivity contribution < 1.29 is 4.74 Å². The van der Waals surface area contributed by atoms with E-state index in [0.717, 1.165) is 6.42 Å². The molecule has 0 aromatic heterocycles. The fraction of sp³-hybridized carbons (Fsp3) is 0.692. The maximum Gasteiger partial charge on any atom is 0.129 e. The summed E-state index contributed by atoms with van der Waals surface area (Å²) in [5.41, 5.74) is 3.37. The van der Waals surface area contributed by atoms with Gasteiger partial charge in [-0.05, 0) is 6.42 Å². The maximum absolute atomic E-state index is 5.62. The highest BCUT2D eigenvalue weighted by Gasteiger charge is 2.09. The van der Waals surface area contributed by atoms with Crippen LogP contribution >= 0.6 is 0 Å². The van der Waals surface area contributed by atoms with E-state index in [1.807, 2.05) is 0 Å². The molecule has 0 aliphatic rings. The van der Waals surface area contributed by atoms with Gasteiger partial charge in [0.25, 0.3) is 0 Å². The summed E-state index contributed by atoms with van der Waals surface area (Å²) in [6, 6.07) is 0. The normalized spacial score (nSPS) is 12.8. The predicted molar refractivity (Wildman–Crippen MR) is 70.6 cm³/mol. The predicted octanol–water partition coefficient (Wildman–Crippen LogP) is 3.63. The van der Waals surface area contributed by atoms with E-state index in [1.54, 1.807) is 6.08 Å². The van der Waals surface area contributed by atoms with Gasteiger partial charge >= 0.3 is 0 Å². The molecule has 1 atom stereocenters. The Morgan fingerprint density at radius 1 is 1.40 bits per heavy atom. The Bertz CT molecular complexity index is 229. The fourth-order valence-electron chi connectivity index (χ4n) is 1.07. The van der Waals surface area contributed by atoms with Gasteiger partial charge in [-0.15, -0.1) is 12.1 Å². The lowest BCUT2D eigenvalue weighted by Gasteiger charge is -2.11. The van der Waals surface area contributed by atoms with Crippen molar-refractivity contribution in [3.63, 3.8) is 0 Å². The molecule has 0 rings (SSSR count). The molecule has 1 nitrogen and oxygen atoms in total. The quantitative estimate of drug-likeness (QED) is 0.380. The van der Waals surface area contributed by atoms with Crippen molar-refractivity contribution in [3.8, 4) is 11.5 Å². The Morgan fingerprint density at radius 2 is 2.07 bits per heavy atom. The number of rotatable bonds is 6. The van der Waals surface area contributed by atoms with Crippen LogP contribution in [0.5, 0.6) is 0 Å². The van der Waals surface area contributed by atoms with Gasteiger partial charge in [0.1, 0.15) is 14.2 Å². The molecule has 1 unspecified atom stereocenters. The van der Waals surface area contributed by atoms with Gasteiger partial charge < -0.3 is 4.74 Å². The van der Waals surface area contributed by atoms with E-state index < -0.39 is 8.07 Å². The number of hydrogen-bond donors (Lipinski definition) is 0. The molecule has 0 fully saturated rings. The van der Waals surface area contributed by atoms with E-state index in [0.29, 0.717) is 6.61 Å². The first kappa shape index (κ1) is 14.5. The third-order valence-electron chi connectivity index (χ3n) is 1.84. The summed E-state index contributed by atoms with van der Waals surface area (Å²) in [7, 11) is -1.27. The second kappa shape index (κ2) is 7.73. The summed E-state index contributed by atoms with van der Waals surface area (Å²) in [4.78, 5) is 0. The molecule has 0 radical (unpaired) electrons. The van der Waals surface area contributed by atoms with Crippen LogP contribution < -0.4 is 0 Å². The average molecular weight is 224 g/mol. The molecule has 0 N–H and O–H groups in total. The highest BCUT2D eigenvalue weighted by atomic mass is 28.3. The van der Waals surface area contributed by atoms with Gasteiger partial charge in [0.05, 0.1) is 6.61 Å². The van der Waals surface area contributed by atoms with Crippen molar-refractivity contribution in [1.82, 2.24) is 0 Å². The summed E-state index contributed by atoms with van der Waals surface area (Å²) < 4.78 is 5.62. The van der Waals surface area contributed by atoms with Crippen molar-refractivity contribution in [2.75, 3.05) is 6.61 Å². The highest BCUT2D eigenvalue weighted by molar-refractivity contribution is 6.83. The summed E-state index contributed by atoms with van der Waals surface area (Å²) in [5, 5.41) is 0. The van der Waals surface area contributed by atoms with Gasteiger partial charge in [-0.3, -0.25) is 0 Å². The molecule has 0 heterocycles. The first-order valence-electron chi connectivity index (χ1n) is 5.74. The second-order valence-corrected chi connectivity index (χ2v) is 9.52. The molecule has 0 spiro atoms. The molecule has 0 aliphatic heterocycles. The molecule has 0 bridgehead atoms. The zero-order valence-electron chi connectivity index (χ0n) is 10.6. The van der Waals surface area contributed by atoms with Crippen LogP contribution in [0.25, 0.3) is 0 Å². The summed E-state index contributed by atoms with van der Waals surface area (Å²) >= 11 is 0. The zero-order chi connectivity index (χ0) is 11.7. The summed E-state index contributed by atoms with van der Waals surface area (Å²) in [6.07, 6.45) is 5.32. The van der Waals surface area contributed by atoms with E-state index in [-0.39, 0.29) is 6.10 Å². The van der Waals surface area contributed by atoms with Crippen LogP contribution in [-0.2, 0) is 4.74 Å². The first-order valence-corrected chi connectivity index (χ1v) is 9.24. The molecule has 2 heteroatoms. The van der Waals surface area contributed by atoms with Crippen LogP contribution in [0.3, 0.4) is 0 Å². The molecular weight excluding hydrogens is 200 g/mol. The molecule has 0 aliphatic carbocycles. The van der Waals surface area contributed by atoms with Crippen LogP contribution in [0.1, 0.15) is 26.2 Å². The number of hydrogen-bond acceptors (Lipinski definition) is 1. The van der Waals surface area contributed by atoms with Crippen molar-refractivity contribution >= 4 is 8.07 Å². The van der Waals surface area contributed by atoms with E-state index >= 15 is 0 Å². The van der Waals surface area contributed by atoms with Crippen LogP contribution in [0.4, 0.5) is 0 Å². The van der Waals surface area contributed by atoms with E-state index in [2.05, 4.69) is 44.6 Å². The number of unbranched alkanes of at least 4 members (excludes halogenated alkanes) is 1. The van der Waals surface area contributed by atoms with E-state index in [9.17, 15) is 0 Å². The Morgan fingerprint density at radius 3 is 2.53 bits per heavy atom. The number of ether oxygens (including phenoxy) is 1. The molecule has 86 valence electrons. The van der Waals surface area contributed by atoms with E-state index in [1.165, 1.54) is 12.8 Å². The summed E-state index contributed by atoms with van der Waals surface area (Å²) in [6.45, 7) is 13.2. The highest BCUT2D eigenvalue weighted by Crippen LogP contribution is 2.05. The van der Waals surface area contributed by atoms with Gasteiger partial charge in [-0.2, -0.15) is 0 Å². The van der Waals surface area contributed by atoms with Crippen molar-refractivity contribution in [2.24, 2.45) is 0 Å². The minimum Gasteiger partial charge on any atom is -0.362 e. The second-order valence-electron chi connectivity index (χ2n) is 4.77. The Labute approximate surface area is 95.9 Å². The largest absolute Gasteiger partial charge is 0.362 e. The summed E-state index contributed by atoms with van der Waals surface area (Å²) in [5.74, 6) is 3.27. The van der Waals surface area contributed by atoms with Crippen molar-refractivity contribution in [2.45, 2.75) is 51.9 Å². The van der Waals surface area contributed by atoms with Crippen LogP contribution in [0.2, 0.25) is 19.6 Å². The van der Waals surface area contributed by atoms with Crippen molar-refractivity contribution in [3.05, 3.63) is 12.7 Å². The molecule has 0 saturated heterocycles. The first-order chi connectivity index (χ1) is 6.99. The molecule has 0 aromatic rings. The Balaban J connectivity index is 4.20. The van der Waals surface area contributed by atoms with Crippen LogP contribution in [-0.4, -0.2) is 20.8 Å². The van der Waals surface area contributed by atoms with Gasteiger partial charge in [0.2, 0.25) is 0 Å². The van der Waals surface area contributed by atoms with Gasteiger partial charge in [0, 0.05) is 0 Å². The minimum absolute atomic E-state index is 0.106. The third-order valence-corrected chi connectivity index (χ3v) is 2.74. The zero-order valence-corrected chi connectivity index (χ0v) is 11.6. The van der Waals surface area contributed by atoms with E-state index in [4.69, 9.17) is 4.74 Å². The molecule has 0 aromatic carbocycles. The molecule has 15 heavy (non-hydrogen) atoms. The maximum atomic E-state index is 5.62. The smallest absolute Gasteiger partial charge is 0.129 e. The lowest BCUT2D eigenvalue weighted by molar-refractivity contribution is 0.108. The van der Waals surface area contributed by atoms with Gasteiger partial charge in [0.15, 0.2) is 0 Å². The van der Waals surface area contributed by atoms with Gasteiger partial charge in [-0.1, -0.05) is 51.4 Å². The average Bonchev–Trinajstić information content (AvgIpc) is 2.15. The lowest BCUT2D eigenvalue weighted by atomic mass is 10.2.